The van der Waals surface area contributed by atoms with Gasteiger partial charge in [-0.25, -0.2) is 4.39 Å². The number of hydrogen-bond acceptors (Lipinski definition) is 2. The van der Waals surface area contributed by atoms with Crippen LogP contribution in [0.25, 0.3) is 0 Å². The van der Waals surface area contributed by atoms with Gasteiger partial charge in [-0.15, -0.1) is 0 Å². The molecular formula is C14H19FN2O2S. The molecule has 1 aromatic rings. The van der Waals surface area contributed by atoms with Crippen molar-refractivity contribution in [2.24, 2.45) is 0 Å². The lowest BCUT2D eigenvalue weighted by molar-refractivity contribution is 0.348. The number of halogens is 1. The molecule has 6 heteroatoms. The van der Waals surface area contributed by atoms with Gasteiger partial charge in [-0.3, -0.25) is 0 Å². The van der Waals surface area contributed by atoms with Crippen molar-refractivity contribution in [3.63, 3.8) is 0 Å². The Labute approximate surface area is 119 Å². The first-order valence-electron chi connectivity index (χ1n) is 7.11. The summed E-state index contributed by atoms with van der Waals surface area (Å²) in [5, 5.41) is 0. The second kappa shape index (κ2) is 5.42. The first kappa shape index (κ1) is 14.0. The van der Waals surface area contributed by atoms with Gasteiger partial charge in [0.05, 0.1) is 6.04 Å². The van der Waals surface area contributed by atoms with Gasteiger partial charge in [0.25, 0.3) is 10.2 Å². The minimum Gasteiger partial charge on any atom is -0.207 e. The molecule has 2 fully saturated rings. The molecule has 2 aliphatic rings. The summed E-state index contributed by atoms with van der Waals surface area (Å²) in [6.07, 6.45) is 3.44. The van der Waals surface area contributed by atoms with Crippen LogP contribution in [0.3, 0.4) is 0 Å². The summed E-state index contributed by atoms with van der Waals surface area (Å²) >= 11 is 0. The highest BCUT2D eigenvalue weighted by molar-refractivity contribution is 7.86. The molecule has 0 aromatic heterocycles. The van der Waals surface area contributed by atoms with Gasteiger partial charge in [-0.2, -0.15) is 17.0 Å². The summed E-state index contributed by atoms with van der Waals surface area (Å²) in [7, 11) is -3.40. The number of benzene rings is 1. The maximum atomic E-state index is 13.4. The maximum Gasteiger partial charge on any atom is 0.282 e. The molecule has 0 saturated carbocycles. The zero-order valence-electron chi connectivity index (χ0n) is 11.3. The van der Waals surface area contributed by atoms with Gasteiger partial charge in [-0.05, 0) is 43.4 Å². The summed E-state index contributed by atoms with van der Waals surface area (Å²) in [6.45, 7) is 1.74. The van der Waals surface area contributed by atoms with Crippen molar-refractivity contribution in [2.75, 3.05) is 19.6 Å². The Bertz CT molecular complexity index is 585. The third kappa shape index (κ3) is 2.47. The van der Waals surface area contributed by atoms with Crippen molar-refractivity contribution >= 4 is 10.2 Å². The Kier molecular flexibility index (Phi) is 3.79. The molecule has 0 N–H and O–H groups in total. The summed E-state index contributed by atoms with van der Waals surface area (Å²) < 4.78 is 41.8. The fourth-order valence-corrected chi connectivity index (χ4v) is 5.06. The minimum absolute atomic E-state index is 0.226. The molecule has 20 heavy (non-hydrogen) atoms. The molecule has 2 aliphatic heterocycles. The smallest absolute Gasteiger partial charge is 0.207 e. The molecule has 1 unspecified atom stereocenters. The lowest BCUT2D eigenvalue weighted by Gasteiger charge is -2.28. The van der Waals surface area contributed by atoms with Crippen molar-refractivity contribution in [1.29, 1.82) is 0 Å². The molecule has 0 bridgehead atoms. The Morgan fingerprint density at radius 1 is 1.10 bits per heavy atom. The molecule has 0 spiro atoms. The highest BCUT2D eigenvalue weighted by atomic mass is 32.2. The summed E-state index contributed by atoms with van der Waals surface area (Å²) in [5.74, 6) is -0.312. The number of nitrogens with zero attached hydrogens (tertiary/aromatic N) is 2. The Morgan fingerprint density at radius 3 is 2.55 bits per heavy atom. The van der Waals surface area contributed by atoms with E-state index in [0.29, 0.717) is 19.6 Å². The predicted octanol–water partition coefficient (Wildman–Crippen LogP) is 2.30. The van der Waals surface area contributed by atoms with Crippen LogP contribution in [0, 0.1) is 5.82 Å². The monoisotopic (exact) mass is 298 g/mol. The van der Waals surface area contributed by atoms with Crippen LogP contribution in [0.15, 0.2) is 24.3 Å². The van der Waals surface area contributed by atoms with E-state index in [0.717, 1.165) is 31.2 Å². The fourth-order valence-electron chi connectivity index (χ4n) is 3.13. The van der Waals surface area contributed by atoms with E-state index < -0.39 is 10.2 Å². The third-order valence-electron chi connectivity index (χ3n) is 4.12. The zero-order chi connectivity index (χ0) is 14.2. The molecule has 3 rings (SSSR count). The van der Waals surface area contributed by atoms with Crippen LogP contribution < -0.4 is 0 Å². The van der Waals surface area contributed by atoms with E-state index in [1.165, 1.54) is 12.1 Å². The van der Waals surface area contributed by atoms with Crippen LogP contribution in [0.5, 0.6) is 0 Å². The summed E-state index contributed by atoms with van der Waals surface area (Å²) in [4.78, 5) is 0. The number of hydrogen-bond donors (Lipinski definition) is 0. The molecule has 4 nitrogen and oxygen atoms in total. The SMILES string of the molecule is O=S(=O)(N1CCCC1)N1CCCC1c1cccc(F)c1. The van der Waals surface area contributed by atoms with Crippen LogP contribution in [-0.4, -0.2) is 36.7 Å². The first-order valence-corrected chi connectivity index (χ1v) is 8.51. The summed E-state index contributed by atoms with van der Waals surface area (Å²) in [5.41, 5.74) is 0.755. The zero-order valence-corrected chi connectivity index (χ0v) is 12.2. The van der Waals surface area contributed by atoms with Crippen LogP contribution in [-0.2, 0) is 10.2 Å². The van der Waals surface area contributed by atoms with Gasteiger partial charge in [0.2, 0.25) is 0 Å². The summed E-state index contributed by atoms with van der Waals surface area (Å²) in [6, 6.07) is 6.06. The van der Waals surface area contributed by atoms with Crippen LogP contribution >= 0.6 is 0 Å². The molecule has 1 aromatic carbocycles. The highest BCUT2D eigenvalue weighted by Crippen LogP contribution is 2.36. The Morgan fingerprint density at radius 2 is 1.85 bits per heavy atom. The van der Waals surface area contributed by atoms with Crippen molar-refractivity contribution in [2.45, 2.75) is 31.7 Å². The van der Waals surface area contributed by atoms with Crippen LogP contribution in [0.2, 0.25) is 0 Å². The van der Waals surface area contributed by atoms with E-state index in [1.807, 2.05) is 6.07 Å². The van der Waals surface area contributed by atoms with E-state index in [2.05, 4.69) is 0 Å². The van der Waals surface area contributed by atoms with E-state index in [9.17, 15) is 12.8 Å². The van der Waals surface area contributed by atoms with E-state index >= 15 is 0 Å². The molecule has 2 saturated heterocycles. The largest absolute Gasteiger partial charge is 0.282 e. The predicted molar refractivity (Wildman–Crippen MR) is 74.8 cm³/mol. The quantitative estimate of drug-likeness (QED) is 0.859. The van der Waals surface area contributed by atoms with Crippen LogP contribution in [0.1, 0.15) is 37.3 Å². The number of rotatable bonds is 3. The standard InChI is InChI=1S/C14H19FN2O2S/c15-13-6-3-5-12(11-13)14-7-4-10-17(14)20(18,19)16-8-1-2-9-16/h3,5-6,11,14H,1-2,4,7-10H2. The lowest BCUT2D eigenvalue weighted by atomic mass is 10.1. The Balaban J connectivity index is 1.89. The van der Waals surface area contributed by atoms with E-state index in [4.69, 9.17) is 0 Å². The maximum absolute atomic E-state index is 13.4. The van der Waals surface area contributed by atoms with Crippen molar-refractivity contribution in [3.05, 3.63) is 35.6 Å². The van der Waals surface area contributed by atoms with Gasteiger partial charge >= 0.3 is 0 Å². The third-order valence-corrected chi connectivity index (χ3v) is 6.17. The Hall–Kier alpha value is -0.980. The van der Waals surface area contributed by atoms with Crippen molar-refractivity contribution < 1.29 is 12.8 Å². The van der Waals surface area contributed by atoms with Crippen molar-refractivity contribution in [1.82, 2.24) is 8.61 Å². The van der Waals surface area contributed by atoms with Crippen molar-refractivity contribution in [3.8, 4) is 0 Å². The normalized spacial score (nSPS) is 25.4. The average Bonchev–Trinajstić information content (AvgIpc) is 3.11. The topological polar surface area (TPSA) is 40.6 Å². The fraction of sp³-hybridized carbons (Fsp3) is 0.571. The van der Waals surface area contributed by atoms with Gasteiger partial charge in [-0.1, -0.05) is 12.1 Å². The van der Waals surface area contributed by atoms with Gasteiger partial charge < -0.3 is 0 Å². The second-order valence-electron chi connectivity index (χ2n) is 5.44. The van der Waals surface area contributed by atoms with Gasteiger partial charge in [0.15, 0.2) is 0 Å². The highest BCUT2D eigenvalue weighted by Gasteiger charge is 2.39. The minimum atomic E-state index is -3.40. The first-order chi connectivity index (χ1) is 9.59. The van der Waals surface area contributed by atoms with Gasteiger partial charge in [0, 0.05) is 19.6 Å². The average molecular weight is 298 g/mol. The molecule has 110 valence electrons. The molecule has 1 atom stereocenters. The molecular weight excluding hydrogens is 279 g/mol. The molecule has 0 amide bonds. The molecule has 0 radical (unpaired) electrons. The van der Waals surface area contributed by atoms with Gasteiger partial charge in [0.1, 0.15) is 5.82 Å². The molecule has 0 aliphatic carbocycles. The van der Waals surface area contributed by atoms with E-state index in [-0.39, 0.29) is 11.9 Å². The lowest BCUT2D eigenvalue weighted by Crippen LogP contribution is -2.42. The molecule has 2 heterocycles. The second-order valence-corrected chi connectivity index (χ2v) is 7.32. The van der Waals surface area contributed by atoms with E-state index in [1.54, 1.807) is 14.7 Å². The van der Waals surface area contributed by atoms with Crippen LogP contribution in [0.4, 0.5) is 4.39 Å².